The van der Waals surface area contributed by atoms with Gasteiger partial charge in [0.2, 0.25) is 0 Å². The van der Waals surface area contributed by atoms with Gasteiger partial charge >= 0.3 is 0 Å². The van der Waals surface area contributed by atoms with Crippen LogP contribution in [0.2, 0.25) is 19.6 Å². The largest absolute Gasteiger partial charge is 0.319 e. The first-order chi connectivity index (χ1) is 33.1. The Morgan fingerprint density at radius 3 is 1.69 bits per heavy atom. The first-order valence-electron chi connectivity index (χ1n) is 24.9. The van der Waals surface area contributed by atoms with E-state index in [4.69, 9.17) is 8.22 Å². The van der Waals surface area contributed by atoms with Crippen molar-refractivity contribution in [2.24, 2.45) is 0 Å². The van der Waals surface area contributed by atoms with Crippen LogP contribution in [-0.4, -0.2) is 23.8 Å². The van der Waals surface area contributed by atoms with Crippen molar-refractivity contribution in [2.75, 3.05) is 9.80 Å². The number of anilines is 6. The van der Waals surface area contributed by atoms with E-state index in [1.165, 1.54) is 0 Å². The van der Waals surface area contributed by atoms with E-state index in [0.29, 0.717) is 28.2 Å². The summed E-state index contributed by atoms with van der Waals surface area (Å²) in [6, 6.07) is 36.7. The molecule has 0 N–H and O–H groups in total. The molecule has 0 bridgehead atoms. The molecule has 8 aromatic carbocycles. The predicted molar refractivity (Wildman–Crippen MR) is 255 cm³/mol. The third kappa shape index (κ3) is 4.33. The van der Waals surface area contributed by atoms with Crippen molar-refractivity contribution in [1.29, 1.82) is 0 Å². The highest BCUT2D eigenvalue weighted by Gasteiger charge is 2.48. The minimum absolute atomic E-state index is 0.0120. The lowest BCUT2D eigenvalue weighted by Gasteiger charge is -2.45. The Morgan fingerprint density at radius 1 is 0.508 bits per heavy atom. The van der Waals surface area contributed by atoms with Gasteiger partial charge in [-0.1, -0.05) is 140 Å². The molecule has 11 aromatic rings. The van der Waals surface area contributed by atoms with Crippen LogP contribution in [0.15, 0.2) is 182 Å². The summed E-state index contributed by atoms with van der Waals surface area (Å²) in [4.78, 5) is 3.76. The van der Waals surface area contributed by atoms with E-state index >= 15 is 0 Å². The molecule has 0 fully saturated rings. The molecular weight excluding hydrogens is 732 g/mol. The van der Waals surface area contributed by atoms with Crippen LogP contribution >= 0.6 is 0 Å². The van der Waals surface area contributed by atoms with E-state index in [-0.39, 0.29) is 35.5 Å². The molecule has 4 nitrogen and oxygen atoms in total. The lowest BCUT2D eigenvalue weighted by Crippen LogP contribution is -2.63. The zero-order valence-corrected chi connectivity index (χ0v) is 33.4. The molecule has 0 saturated carbocycles. The highest BCUT2D eigenvalue weighted by molar-refractivity contribution is 7.01. The van der Waals surface area contributed by atoms with Crippen LogP contribution in [0.25, 0.3) is 54.7 Å². The van der Waals surface area contributed by atoms with Gasteiger partial charge in [-0.2, -0.15) is 0 Å². The highest BCUT2D eigenvalue weighted by Crippen LogP contribution is 2.51. The summed E-state index contributed by atoms with van der Waals surface area (Å²) < 4.78 is 97.0. The monoisotopic (exact) mass is 780 g/mol. The van der Waals surface area contributed by atoms with Crippen molar-refractivity contribution < 1.29 is 13.7 Å². The Balaban J connectivity index is 1.34. The Hall–Kier alpha value is -7.02. The second-order valence-electron chi connectivity index (χ2n) is 16.6. The number of hydrogen-bond acceptors (Lipinski definition) is 2. The van der Waals surface area contributed by atoms with Crippen LogP contribution in [0.1, 0.15) is 13.7 Å². The summed E-state index contributed by atoms with van der Waals surface area (Å²) in [6.07, 6.45) is 0. The lowest BCUT2D eigenvalue weighted by atomic mass is 9.34. The van der Waals surface area contributed by atoms with Crippen molar-refractivity contribution in [2.45, 2.75) is 19.6 Å². The summed E-state index contributed by atoms with van der Waals surface area (Å²) in [6.45, 7) is 6.02. The van der Waals surface area contributed by atoms with Crippen LogP contribution < -0.4 is 31.5 Å². The van der Waals surface area contributed by atoms with Gasteiger partial charge in [0.15, 0.2) is 0 Å². The maximum Gasteiger partial charge on any atom is 0.273 e. The molecule has 0 atom stereocenters. The molecule has 0 unspecified atom stereocenters. The molecule has 3 aromatic heterocycles. The quantitative estimate of drug-likeness (QED) is 0.165. The van der Waals surface area contributed by atoms with Gasteiger partial charge in [0.05, 0.1) is 55.2 Å². The standard InChI is InChI=1S/C53H39BN4Si/c1-59(2,3)37-31-46-49-47(32-37)56(35-21-9-5-10-22-35)52-42(33-41-38-25-13-16-28-43(38)58-44-29-17-14-26-39(44)48(52)50(41)58)54(49)53-51(55(46)34-19-7-4-8-20-34)40-27-15-18-30-45(40)57(53)36-23-11-6-12-24-36/h4-33H,1-3H3/i4D,5D,7D,8D,9D,10D,19D,20D,21D,22D. The zero-order valence-electron chi connectivity index (χ0n) is 42.4. The lowest BCUT2D eigenvalue weighted by molar-refractivity contribution is 1.15. The summed E-state index contributed by atoms with van der Waals surface area (Å²) >= 11 is 0. The van der Waals surface area contributed by atoms with Gasteiger partial charge in [-0.25, -0.2) is 0 Å². The number of fused-ring (bicyclic) bond motifs is 13. The Morgan fingerprint density at radius 2 is 1.05 bits per heavy atom. The minimum atomic E-state index is -2.39. The molecule has 0 amide bonds. The van der Waals surface area contributed by atoms with Crippen molar-refractivity contribution in [3.05, 3.63) is 182 Å². The fraction of sp³-hybridized carbons (Fsp3) is 0.0566. The molecule has 2 aliphatic rings. The number of nitrogens with zero attached hydrogens (tertiary/aromatic N) is 4. The number of para-hydroxylation sites is 6. The highest BCUT2D eigenvalue weighted by atomic mass is 28.3. The Labute approximate surface area is 358 Å². The van der Waals surface area contributed by atoms with Crippen LogP contribution in [0, 0.1) is 0 Å². The van der Waals surface area contributed by atoms with Gasteiger partial charge in [-0.05, 0) is 77.6 Å². The number of aromatic nitrogens is 2. The summed E-state index contributed by atoms with van der Waals surface area (Å²) in [5, 5.41) is 5.57. The van der Waals surface area contributed by atoms with Gasteiger partial charge in [0.1, 0.15) is 0 Å². The zero-order chi connectivity index (χ0) is 47.8. The average Bonchev–Trinajstić information content (AvgIpc) is 4.00. The molecule has 278 valence electrons. The second-order valence-corrected chi connectivity index (χ2v) is 21.7. The summed E-state index contributed by atoms with van der Waals surface area (Å²) in [5.41, 5.74) is 9.38. The normalized spacial score (nSPS) is 15.9. The first-order valence-corrected chi connectivity index (χ1v) is 23.4. The van der Waals surface area contributed by atoms with E-state index in [1.54, 1.807) is 0 Å². The summed E-state index contributed by atoms with van der Waals surface area (Å²) in [5.74, 6) is 0. The SMILES string of the molecule is [2H]c1c([2H])c([2H])c(N2c3cc([Si](C)(C)C)cc4c3B(c3cc5c6ccccc6n6c7ccccc7c(c3N4c3c([2H])c([2H])c([2H])c([2H])c3[2H])c56)c3c2c2ccccc2n3-c2ccccc2)c([2H])c1[2H]. The van der Waals surface area contributed by atoms with Crippen molar-refractivity contribution in [3.63, 3.8) is 0 Å². The molecule has 13 rings (SSSR count). The predicted octanol–water partition coefficient (Wildman–Crippen LogP) is 11.4. The molecule has 0 saturated heterocycles. The van der Waals surface area contributed by atoms with Crippen molar-refractivity contribution >= 4 is 120 Å². The smallest absolute Gasteiger partial charge is 0.273 e. The summed E-state index contributed by atoms with van der Waals surface area (Å²) in [7, 11) is -2.39. The molecular formula is C53H39BN4Si. The van der Waals surface area contributed by atoms with Crippen LogP contribution in [0.3, 0.4) is 0 Å². The molecule has 0 spiro atoms. The van der Waals surface area contributed by atoms with E-state index in [9.17, 15) is 5.48 Å². The molecule has 6 heteroatoms. The van der Waals surface area contributed by atoms with E-state index in [1.807, 2.05) is 82.6 Å². The molecule has 59 heavy (non-hydrogen) atoms. The van der Waals surface area contributed by atoms with Crippen molar-refractivity contribution in [3.8, 4) is 5.69 Å². The Bertz CT molecular complexity index is 4050. The van der Waals surface area contributed by atoms with E-state index in [0.717, 1.165) is 70.9 Å². The third-order valence-electron chi connectivity index (χ3n) is 12.5. The van der Waals surface area contributed by atoms with Gasteiger partial charge in [-0.15, -0.1) is 0 Å². The third-order valence-corrected chi connectivity index (χ3v) is 14.5. The topological polar surface area (TPSA) is 15.8 Å². The number of hydrogen-bond donors (Lipinski definition) is 0. The van der Waals surface area contributed by atoms with E-state index < -0.39 is 51.0 Å². The van der Waals surface area contributed by atoms with Gasteiger partial charge in [-0.3, -0.25) is 0 Å². The Kier molecular flexibility index (Phi) is 4.93. The van der Waals surface area contributed by atoms with Crippen LogP contribution in [0.5, 0.6) is 0 Å². The average molecular weight is 781 g/mol. The van der Waals surface area contributed by atoms with Crippen molar-refractivity contribution in [1.82, 2.24) is 8.97 Å². The molecule has 0 radical (unpaired) electrons. The molecule has 2 aliphatic heterocycles. The van der Waals surface area contributed by atoms with Gasteiger partial charge < -0.3 is 18.8 Å². The first kappa shape index (κ1) is 24.7. The van der Waals surface area contributed by atoms with E-state index in [2.05, 4.69) is 77.1 Å². The minimum Gasteiger partial charge on any atom is -0.319 e. The maximum absolute atomic E-state index is 9.73. The van der Waals surface area contributed by atoms with Crippen LogP contribution in [-0.2, 0) is 0 Å². The maximum atomic E-state index is 9.73. The second kappa shape index (κ2) is 11.8. The fourth-order valence-electron chi connectivity index (χ4n) is 10.2. The fourth-order valence-corrected chi connectivity index (χ4v) is 11.3. The van der Waals surface area contributed by atoms with Gasteiger partial charge in [0, 0.05) is 61.0 Å². The number of benzene rings is 8. The molecule has 0 aliphatic carbocycles. The van der Waals surface area contributed by atoms with Gasteiger partial charge in [0.25, 0.3) is 6.71 Å². The van der Waals surface area contributed by atoms with Crippen LogP contribution in [0.4, 0.5) is 34.1 Å². The molecule has 5 heterocycles. The number of rotatable bonds is 4.